The zero-order valence-electron chi connectivity index (χ0n) is 10.6. The van der Waals surface area contributed by atoms with E-state index in [1.165, 1.54) is 22.3 Å². The Morgan fingerprint density at radius 1 is 1.32 bits per heavy atom. The SMILES string of the molecule is Cc1cc(C(O)c2cc3c(s2)CCSC3)ccc1F. The number of fused-ring (bicyclic) bond motifs is 1. The van der Waals surface area contributed by atoms with E-state index in [9.17, 15) is 9.50 Å². The summed E-state index contributed by atoms with van der Waals surface area (Å²) in [6.45, 7) is 1.72. The third kappa shape index (κ3) is 2.57. The van der Waals surface area contributed by atoms with Gasteiger partial charge >= 0.3 is 0 Å². The summed E-state index contributed by atoms with van der Waals surface area (Å²) in [5.41, 5.74) is 2.70. The molecule has 1 unspecified atom stereocenters. The fraction of sp³-hybridized carbons (Fsp3) is 0.333. The van der Waals surface area contributed by atoms with E-state index in [1.807, 2.05) is 11.8 Å². The van der Waals surface area contributed by atoms with Crippen LogP contribution in [0.1, 0.15) is 32.5 Å². The molecule has 3 rings (SSSR count). The van der Waals surface area contributed by atoms with Gasteiger partial charge in [-0.25, -0.2) is 4.39 Å². The number of hydrogen-bond acceptors (Lipinski definition) is 3. The van der Waals surface area contributed by atoms with Crippen molar-refractivity contribution >= 4 is 23.1 Å². The summed E-state index contributed by atoms with van der Waals surface area (Å²) in [5.74, 6) is 1.98. The lowest BCUT2D eigenvalue weighted by molar-refractivity contribution is 0.224. The highest BCUT2D eigenvalue weighted by molar-refractivity contribution is 7.98. The molecule has 0 radical (unpaired) electrons. The Bertz CT molecular complexity index is 583. The van der Waals surface area contributed by atoms with Gasteiger partial charge in [0.2, 0.25) is 0 Å². The van der Waals surface area contributed by atoms with Crippen LogP contribution in [0, 0.1) is 12.7 Å². The number of aliphatic hydroxyl groups is 1. The lowest BCUT2D eigenvalue weighted by Crippen LogP contribution is -1.98. The number of aliphatic hydroxyl groups excluding tert-OH is 1. The maximum absolute atomic E-state index is 13.3. The van der Waals surface area contributed by atoms with Gasteiger partial charge in [0.15, 0.2) is 0 Å². The average Bonchev–Trinajstić information content (AvgIpc) is 2.85. The molecule has 1 aromatic heterocycles. The van der Waals surface area contributed by atoms with Crippen LogP contribution in [0.25, 0.3) is 0 Å². The molecule has 1 aliphatic rings. The van der Waals surface area contributed by atoms with Crippen LogP contribution < -0.4 is 0 Å². The minimum atomic E-state index is -0.639. The Hall–Kier alpha value is -0.840. The molecule has 1 aliphatic heterocycles. The number of thioether (sulfide) groups is 1. The zero-order valence-corrected chi connectivity index (χ0v) is 12.3. The first-order valence-electron chi connectivity index (χ1n) is 6.28. The fourth-order valence-corrected chi connectivity index (χ4v) is 4.70. The summed E-state index contributed by atoms with van der Waals surface area (Å²) < 4.78 is 13.3. The molecule has 0 bridgehead atoms. The summed E-state index contributed by atoms with van der Waals surface area (Å²) in [5, 5.41) is 10.4. The van der Waals surface area contributed by atoms with Crippen LogP contribution in [0.2, 0.25) is 0 Å². The van der Waals surface area contributed by atoms with Crippen LogP contribution >= 0.6 is 23.1 Å². The quantitative estimate of drug-likeness (QED) is 0.901. The Morgan fingerprint density at radius 2 is 2.16 bits per heavy atom. The molecule has 0 saturated heterocycles. The van der Waals surface area contributed by atoms with Crippen molar-refractivity contribution in [3.63, 3.8) is 0 Å². The van der Waals surface area contributed by atoms with E-state index < -0.39 is 6.10 Å². The summed E-state index contributed by atoms with van der Waals surface area (Å²) in [4.78, 5) is 2.37. The maximum atomic E-state index is 13.3. The third-order valence-electron chi connectivity index (χ3n) is 3.41. The topological polar surface area (TPSA) is 20.2 Å². The molecule has 1 atom stereocenters. The average molecular weight is 294 g/mol. The van der Waals surface area contributed by atoms with Gasteiger partial charge < -0.3 is 5.11 Å². The number of hydrogen-bond donors (Lipinski definition) is 1. The van der Waals surface area contributed by atoms with E-state index in [0.717, 1.165) is 22.6 Å². The number of halogens is 1. The van der Waals surface area contributed by atoms with E-state index in [-0.39, 0.29) is 5.82 Å². The Labute approximate surface area is 120 Å². The molecule has 1 aromatic carbocycles. The molecule has 2 aromatic rings. The van der Waals surface area contributed by atoms with Gasteiger partial charge in [-0.1, -0.05) is 12.1 Å². The highest BCUT2D eigenvalue weighted by Gasteiger charge is 2.19. The lowest BCUT2D eigenvalue weighted by Gasteiger charge is -2.10. The lowest BCUT2D eigenvalue weighted by atomic mass is 10.0. The summed E-state index contributed by atoms with van der Waals surface area (Å²) in [6.07, 6.45) is 0.458. The second-order valence-electron chi connectivity index (χ2n) is 4.81. The molecule has 1 N–H and O–H groups in total. The second-order valence-corrected chi connectivity index (χ2v) is 7.08. The number of benzene rings is 1. The molecule has 2 heterocycles. The molecule has 19 heavy (non-hydrogen) atoms. The van der Waals surface area contributed by atoms with Crippen LogP contribution in [0.5, 0.6) is 0 Å². The predicted molar refractivity (Wildman–Crippen MR) is 79.4 cm³/mol. The van der Waals surface area contributed by atoms with Crippen molar-refractivity contribution in [2.75, 3.05) is 5.75 Å². The standard InChI is InChI=1S/C15H15FOS2/c1-9-6-10(2-3-12(9)16)15(17)14-7-11-8-18-5-4-13(11)19-14/h2-3,6-7,15,17H,4-5,8H2,1H3. The molecular formula is C15H15FOS2. The van der Waals surface area contributed by atoms with Gasteiger partial charge in [-0.15, -0.1) is 11.3 Å². The van der Waals surface area contributed by atoms with E-state index >= 15 is 0 Å². The smallest absolute Gasteiger partial charge is 0.126 e. The van der Waals surface area contributed by atoms with Gasteiger partial charge in [0.25, 0.3) is 0 Å². The molecule has 0 fully saturated rings. The Balaban J connectivity index is 1.92. The van der Waals surface area contributed by atoms with Crippen molar-refractivity contribution in [3.05, 3.63) is 56.5 Å². The normalized spacial score (nSPS) is 16.2. The molecule has 100 valence electrons. The van der Waals surface area contributed by atoms with Crippen molar-refractivity contribution in [1.82, 2.24) is 0 Å². The Kier molecular flexibility index (Phi) is 3.65. The van der Waals surface area contributed by atoms with Crippen molar-refractivity contribution < 1.29 is 9.50 Å². The van der Waals surface area contributed by atoms with Crippen molar-refractivity contribution in [2.24, 2.45) is 0 Å². The number of rotatable bonds is 2. The highest BCUT2D eigenvalue weighted by Crippen LogP contribution is 2.36. The second kappa shape index (κ2) is 5.27. The monoisotopic (exact) mass is 294 g/mol. The van der Waals surface area contributed by atoms with Gasteiger partial charge in [0.05, 0.1) is 0 Å². The van der Waals surface area contributed by atoms with Crippen molar-refractivity contribution in [2.45, 2.75) is 25.2 Å². The summed E-state index contributed by atoms with van der Waals surface area (Å²) in [7, 11) is 0. The van der Waals surface area contributed by atoms with Crippen LogP contribution in [-0.4, -0.2) is 10.9 Å². The first-order valence-corrected chi connectivity index (χ1v) is 8.25. The van der Waals surface area contributed by atoms with Gasteiger partial charge in [0.1, 0.15) is 11.9 Å². The van der Waals surface area contributed by atoms with E-state index in [4.69, 9.17) is 0 Å². The summed E-state index contributed by atoms with van der Waals surface area (Å²) in [6, 6.07) is 6.93. The zero-order chi connectivity index (χ0) is 13.4. The molecule has 0 aliphatic carbocycles. The van der Waals surface area contributed by atoms with E-state index in [1.54, 1.807) is 30.4 Å². The molecule has 1 nitrogen and oxygen atoms in total. The maximum Gasteiger partial charge on any atom is 0.126 e. The van der Waals surface area contributed by atoms with Crippen LogP contribution in [0.15, 0.2) is 24.3 Å². The molecule has 4 heteroatoms. The first-order chi connectivity index (χ1) is 9.15. The predicted octanol–water partition coefficient (Wildman–Crippen LogP) is 4.07. The molecule has 0 amide bonds. The highest BCUT2D eigenvalue weighted by atomic mass is 32.2. The number of aryl methyl sites for hydroxylation is 2. The van der Waals surface area contributed by atoms with Crippen molar-refractivity contribution in [3.8, 4) is 0 Å². The van der Waals surface area contributed by atoms with Gasteiger partial charge in [-0.3, -0.25) is 0 Å². The minimum Gasteiger partial charge on any atom is -0.383 e. The van der Waals surface area contributed by atoms with Gasteiger partial charge in [-0.05, 0) is 47.9 Å². The van der Waals surface area contributed by atoms with Gasteiger partial charge in [0, 0.05) is 15.5 Å². The minimum absolute atomic E-state index is 0.224. The largest absolute Gasteiger partial charge is 0.383 e. The molecule has 0 saturated carbocycles. The number of thiophene rings is 1. The van der Waals surface area contributed by atoms with E-state index in [0.29, 0.717) is 5.56 Å². The van der Waals surface area contributed by atoms with Crippen LogP contribution in [0.3, 0.4) is 0 Å². The van der Waals surface area contributed by atoms with Crippen LogP contribution in [0.4, 0.5) is 4.39 Å². The van der Waals surface area contributed by atoms with Crippen molar-refractivity contribution in [1.29, 1.82) is 0 Å². The molecular weight excluding hydrogens is 279 g/mol. The Morgan fingerprint density at radius 3 is 2.89 bits per heavy atom. The third-order valence-corrected chi connectivity index (χ3v) is 5.71. The fourth-order valence-electron chi connectivity index (χ4n) is 2.31. The van der Waals surface area contributed by atoms with Gasteiger partial charge in [-0.2, -0.15) is 11.8 Å². The molecule has 0 spiro atoms. The van der Waals surface area contributed by atoms with Crippen LogP contribution in [-0.2, 0) is 12.2 Å². The summed E-state index contributed by atoms with van der Waals surface area (Å²) >= 11 is 3.63. The van der Waals surface area contributed by atoms with E-state index in [2.05, 4.69) is 6.07 Å². The first kappa shape index (κ1) is 13.2.